The number of nitrogens with zero attached hydrogens (tertiary/aromatic N) is 6. The largest absolute Gasteiger partial charge is 0.497 e. The van der Waals surface area contributed by atoms with Gasteiger partial charge in [-0.1, -0.05) is 23.7 Å². The van der Waals surface area contributed by atoms with Crippen molar-refractivity contribution in [2.75, 3.05) is 52.0 Å². The SMILES string of the molecule is COCCON(CCc1cccc(OC)c1)C(=O)C1NCCN(c2cc(Cl)nc(-n3ccnc3)n2)C1=C=O. The van der Waals surface area contributed by atoms with E-state index in [0.717, 1.165) is 11.3 Å². The molecule has 1 aromatic carbocycles. The Kier molecular flexibility index (Phi) is 9.41. The number of carbonyl (C=O) groups excluding carboxylic acids is 2. The van der Waals surface area contributed by atoms with Crippen LogP contribution in [0.1, 0.15) is 5.56 Å². The van der Waals surface area contributed by atoms with E-state index in [1.165, 1.54) is 17.5 Å². The fourth-order valence-corrected chi connectivity index (χ4v) is 4.12. The van der Waals surface area contributed by atoms with Gasteiger partial charge in [-0.3, -0.25) is 19.5 Å². The van der Waals surface area contributed by atoms with Crippen LogP contribution in [0.3, 0.4) is 0 Å². The Bertz CT molecular complexity index is 1280. The van der Waals surface area contributed by atoms with Gasteiger partial charge in [-0.25, -0.2) is 19.8 Å². The number of benzene rings is 1. The molecule has 1 aliphatic heterocycles. The molecule has 0 saturated carbocycles. The minimum atomic E-state index is -1.01. The molecule has 1 aliphatic rings. The van der Waals surface area contributed by atoms with Gasteiger partial charge in [-0.2, -0.15) is 4.98 Å². The number of aromatic nitrogens is 4. The average Bonchev–Trinajstić information content (AvgIpc) is 3.49. The number of ether oxygens (including phenoxy) is 2. The fraction of sp³-hybridized carbons (Fsp3) is 0.360. The predicted octanol–water partition coefficient (Wildman–Crippen LogP) is 1.47. The second-order valence-electron chi connectivity index (χ2n) is 8.21. The maximum Gasteiger partial charge on any atom is 0.270 e. The Balaban J connectivity index is 1.56. The van der Waals surface area contributed by atoms with E-state index in [0.29, 0.717) is 31.9 Å². The predicted molar refractivity (Wildman–Crippen MR) is 139 cm³/mol. The van der Waals surface area contributed by atoms with Gasteiger partial charge in [0.1, 0.15) is 40.7 Å². The summed E-state index contributed by atoms with van der Waals surface area (Å²) >= 11 is 6.27. The van der Waals surface area contributed by atoms with Crippen LogP contribution in [0.5, 0.6) is 5.75 Å². The maximum absolute atomic E-state index is 13.7. The average molecular weight is 542 g/mol. The van der Waals surface area contributed by atoms with Crippen LogP contribution < -0.4 is 15.0 Å². The van der Waals surface area contributed by atoms with E-state index in [2.05, 4.69) is 20.3 Å². The highest BCUT2D eigenvalue weighted by molar-refractivity contribution is 6.29. The van der Waals surface area contributed by atoms with Gasteiger partial charge in [-0.05, 0) is 24.1 Å². The molecule has 1 atom stereocenters. The van der Waals surface area contributed by atoms with Crippen LogP contribution in [0.25, 0.3) is 5.95 Å². The quantitative estimate of drug-likeness (QED) is 0.165. The lowest BCUT2D eigenvalue weighted by Crippen LogP contribution is -2.57. The van der Waals surface area contributed by atoms with E-state index >= 15 is 0 Å². The lowest BCUT2D eigenvalue weighted by molar-refractivity contribution is -0.191. The van der Waals surface area contributed by atoms with E-state index in [9.17, 15) is 9.59 Å². The molecule has 4 rings (SSSR count). The van der Waals surface area contributed by atoms with E-state index in [-0.39, 0.29) is 30.0 Å². The first-order chi connectivity index (χ1) is 18.5. The van der Waals surface area contributed by atoms with E-state index in [1.807, 2.05) is 30.2 Å². The van der Waals surface area contributed by atoms with Crippen LogP contribution in [0.4, 0.5) is 5.82 Å². The first-order valence-electron chi connectivity index (χ1n) is 11.9. The lowest BCUT2D eigenvalue weighted by atomic mass is 10.1. The first-order valence-corrected chi connectivity index (χ1v) is 12.3. The van der Waals surface area contributed by atoms with Crippen molar-refractivity contribution >= 4 is 29.3 Å². The zero-order chi connectivity index (χ0) is 26.9. The van der Waals surface area contributed by atoms with Gasteiger partial charge in [0, 0.05) is 38.7 Å². The van der Waals surface area contributed by atoms with Gasteiger partial charge in [-0.15, -0.1) is 0 Å². The normalized spacial score (nSPS) is 15.3. The number of nitrogens with one attached hydrogen (secondary N) is 1. The third-order valence-electron chi connectivity index (χ3n) is 5.80. The summed E-state index contributed by atoms with van der Waals surface area (Å²) in [5.41, 5.74) is 1.03. The highest BCUT2D eigenvalue weighted by atomic mass is 35.5. The van der Waals surface area contributed by atoms with Crippen molar-refractivity contribution in [3.63, 3.8) is 0 Å². The van der Waals surface area contributed by atoms with Crippen LogP contribution in [0, 0.1) is 0 Å². The van der Waals surface area contributed by atoms with E-state index < -0.39 is 11.9 Å². The van der Waals surface area contributed by atoms with Crippen molar-refractivity contribution in [3.05, 3.63) is 65.5 Å². The molecule has 38 heavy (non-hydrogen) atoms. The topological polar surface area (TPSA) is 124 Å². The summed E-state index contributed by atoms with van der Waals surface area (Å²) in [6, 6.07) is 8.08. The molecule has 200 valence electrons. The molecule has 3 heterocycles. The molecule has 0 spiro atoms. The van der Waals surface area contributed by atoms with Crippen LogP contribution in [-0.4, -0.2) is 89.5 Å². The Hall–Kier alpha value is -3.80. The number of piperazine rings is 1. The number of halogens is 1. The van der Waals surface area contributed by atoms with Crippen molar-refractivity contribution in [1.29, 1.82) is 0 Å². The third-order valence-corrected chi connectivity index (χ3v) is 5.99. The van der Waals surface area contributed by atoms with Crippen molar-refractivity contribution in [2.45, 2.75) is 12.5 Å². The highest BCUT2D eigenvalue weighted by Gasteiger charge is 2.36. The molecule has 1 unspecified atom stereocenters. The summed E-state index contributed by atoms with van der Waals surface area (Å²) in [6.07, 6.45) is 5.30. The number of hydrogen-bond acceptors (Lipinski definition) is 10. The minimum Gasteiger partial charge on any atom is -0.497 e. The second-order valence-corrected chi connectivity index (χ2v) is 8.60. The molecule has 1 amide bonds. The summed E-state index contributed by atoms with van der Waals surface area (Å²) in [5, 5.41) is 4.53. The number of carbonyl (C=O) groups is 1. The standard InChI is InChI=1S/C25H28ClN7O5/c1-36-12-13-38-33(9-6-18-4-3-5-19(14-18)37-2)24(35)23-20(16-34)32(11-8-28-23)22-15-21(26)29-25(30-22)31-10-7-27-17-31/h3-5,7,10,14-15,17,23,28H,6,8-9,11-13H2,1-2H3. The molecular weight excluding hydrogens is 514 g/mol. The molecule has 0 aliphatic carbocycles. The summed E-state index contributed by atoms with van der Waals surface area (Å²) in [5.74, 6) is 2.84. The molecule has 3 aromatic rings. The number of anilines is 1. The monoisotopic (exact) mass is 541 g/mol. The van der Waals surface area contributed by atoms with Gasteiger partial charge < -0.3 is 14.4 Å². The molecule has 0 bridgehead atoms. The van der Waals surface area contributed by atoms with Gasteiger partial charge in [0.2, 0.25) is 5.95 Å². The number of rotatable bonds is 11. The summed E-state index contributed by atoms with van der Waals surface area (Å²) < 4.78 is 12.0. The molecule has 1 N–H and O–H groups in total. The summed E-state index contributed by atoms with van der Waals surface area (Å²) in [6.45, 7) is 1.45. The van der Waals surface area contributed by atoms with Crippen molar-refractivity contribution in [2.24, 2.45) is 0 Å². The van der Waals surface area contributed by atoms with Crippen molar-refractivity contribution in [3.8, 4) is 11.7 Å². The van der Waals surface area contributed by atoms with Crippen LogP contribution in [0.2, 0.25) is 5.15 Å². The zero-order valence-electron chi connectivity index (χ0n) is 21.0. The Morgan fingerprint density at radius 3 is 2.87 bits per heavy atom. The molecule has 13 heteroatoms. The molecule has 12 nitrogen and oxygen atoms in total. The Labute approximate surface area is 224 Å². The first kappa shape index (κ1) is 27.2. The summed E-state index contributed by atoms with van der Waals surface area (Å²) in [4.78, 5) is 46.0. The highest BCUT2D eigenvalue weighted by Crippen LogP contribution is 2.25. The molecule has 1 fully saturated rings. The Morgan fingerprint density at radius 2 is 2.13 bits per heavy atom. The van der Waals surface area contributed by atoms with Crippen LogP contribution >= 0.6 is 11.6 Å². The van der Waals surface area contributed by atoms with Crippen LogP contribution in [0.15, 0.2) is 54.7 Å². The van der Waals surface area contributed by atoms with Crippen molar-refractivity contribution < 1.29 is 23.9 Å². The molecule has 1 saturated heterocycles. The van der Waals surface area contributed by atoms with E-state index in [4.69, 9.17) is 25.9 Å². The van der Waals surface area contributed by atoms with Gasteiger partial charge >= 0.3 is 0 Å². The smallest absolute Gasteiger partial charge is 0.270 e. The number of methoxy groups -OCH3 is 2. The van der Waals surface area contributed by atoms with Crippen LogP contribution in [-0.2, 0) is 25.6 Å². The number of hydrogen-bond donors (Lipinski definition) is 1. The summed E-state index contributed by atoms with van der Waals surface area (Å²) in [7, 11) is 3.14. The number of amides is 1. The van der Waals surface area contributed by atoms with Gasteiger partial charge in [0.25, 0.3) is 5.91 Å². The van der Waals surface area contributed by atoms with E-state index in [1.54, 1.807) is 36.1 Å². The third kappa shape index (κ3) is 6.55. The molecule has 0 radical (unpaired) electrons. The van der Waals surface area contributed by atoms with Gasteiger partial charge in [0.05, 0.1) is 26.9 Å². The maximum atomic E-state index is 13.7. The Morgan fingerprint density at radius 1 is 1.26 bits per heavy atom. The number of hydroxylamine groups is 2. The molecule has 2 aromatic heterocycles. The number of imidazole rings is 1. The van der Waals surface area contributed by atoms with Gasteiger partial charge in [0.15, 0.2) is 0 Å². The lowest BCUT2D eigenvalue weighted by Gasteiger charge is -2.36. The van der Waals surface area contributed by atoms with Crippen molar-refractivity contribution in [1.82, 2.24) is 29.9 Å². The zero-order valence-corrected chi connectivity index (χ0v) is 21.8. The fourth-order valence-electron chi connectivity index (χ4n) is 3.95. The minimum absolute atomic E-state index is 0.0642. The second kappa shape index (κ2) is 13.1. The molecular formula is C25H28ClN7O5.